The van der Waals surface area contributed by atoms with Gasteiger partial charge < -0.3 is 24.0 Å². The average Bonchev–Trinajstić information content (AvgIpc) is 3.41. The number of ether oxygens (including phenoxy) is 3. The van der Waals surface area contributed by atoms with Crippen molar-refractivity contribution in [1.82, 2.24) is 25.1 Å². The van der Waals surface area contributed by atoms with Crippen molar-refractivity contribution in [2.75, 3.05) is 57.5 Å². The fraction of sp³-hybridized carbons (Fsp3) is 0.657. The highest BCUT2D eigenvalue weighted by Crippen LogP contribution is 2.40. The van der Waals surface area contributed by atoms with Gasteiger partial charge in [0.15, 0.2) is 0 Å². The highest BCUT2D eigenvalue weighted by Gasteiger charge is 2.40. The minimum absolute atomic E-state index is 0.0399. The van der Waals surface area contributed by atoms with E-state index in [2.05, 4.69) is 32.0 Å². The van der Waals surface area contributed by atoms with Crippen LogP contribution in [0.1, 0.15) is 84.0 Å². The number of carbonyl (C=O) groups excluding carboxylic acids is 1. The molecule has 244 valence electrons. The number of aromatic nitrogens is 4. The van der Waals surface area contributed by atoms with Crippen LogP contribution < -0.4 is 9.64 Å². The zero-order valence-corrected chi connectivity index (χ0v) is 27.0. The average molecular weight is 619 g/mol. The minimum atomic E-state index is -0.0399. The van der Waals surface area contributed by atoms with Gasteiger partial charge in [0.25, 0.3) is 0 Å². The summed E-state index contributed by atoms with van der Waals surface area (Å²) in [5.74, 6) is 2.86. The summed E-state index contributed by atoms with van der Waals surface area (Å²) in [6.07, 6.45) is 15.3. The Hall–Kier alpha value is -3.24. The second kappa shape index (κ2) is 15.4. The van der Waals surface area contributed by atoms with Gasteiger partial charge in [-0.1, -0.05) is 38.5 Å². The van der Waals surface area contributed by atoms with Crippen molar-refractivity contribution >= 4 is 22.6 Å². The molecule has 1 aromatic carbocycles. The summed E-state index contributed by atoms with van der Waals surface area (Å²) < 4.78 is 17.6. The number of amides is 1. The van der Waals surface area contributed by atoms with E-state index < -0.39 is 0 Å². The SMILES string of the molecule is CC1(Oc2ccc3[nH]nc(-c4cc(N5CCN(C(=O)CCCCCCOCCOCCC6CCCC6)CC5)ncn4)c3c2)CC1. The van der Waals surface area contributed by atoms with Gasteiger partial charge >= 0.3 is 0 Å². The Morgan fingerprint density at radius 3 is 2.51 bits per heavy atom. The van der Waals surface area contributed by atoms with E-state index >= 15 is 0 Å². The van der Waals surface area contributed by atoms with E-state index in [9.17, 15) is 4.79 Å². The van der Waals surface area contributed by atoms with Crippen LogP contribution in [0.25, 0.3) is 22.3 Å². The predicted octanol–water partition coefficient (Wildman–Crippen LogP) is 6.16. The Kier molecular flexibility index (Phi) is 10.8. The van der Waals surface area contributed by atoms with Gasteiger partial charge in [-0.15, -0.1) is 0 Å². The summed E-state index contributed by atoms with van der Waals surface area (Å²) in [5, 5.41) is 8.68. The molecule has 10 heteroatoms. The maximum absolute atomic E-state index is 12.9. The van der Waals surface area contributed by atoms with Crippen LogP contribution in [-0.4, -0.2) is 89.2 Å². The molecule has 2 saturated carbocycles. The molecule has 0 radical (unpaired) electrons. The maximum atomic E-state index is 12.9. The molecule has 3 aromatic rings. The molecule has 6 rings (SSSR count). The van der Waals surface area contributed by atoms with Gasteiger partial charge in [0.1, 0.15) is 29.2 Å². The molecular formula is C35H50N6O4. The lowest BCUT2D eigenvalue weighted by atomic mass is 10.1. The van der Waals surface area contributed by atoms with Gasteiger partial charge in [0, 0.05) is 57.3 Å². The lowest BCUT2D eigenvalue weighted by molar-refractivity contribution is -0.131. The highest BCUT2D eigenvalue weighted by molar-refractivity contribution is 5.93. The van der Waals surface area contributed by atoms with Gasteiger partial charge in [-0.25, -0.2) is 9.97 Å². The van der Waals surface area contributed by atoms with Crippen molar-refractivity contribution in [3.63, 3.8) is 0 Å². The van der Waals surface area contributed by atoms with E-state index in [1.807, 2.05) is 29.2 Å². The molecular weight excluding hydrogens is 568 g/mol. The van der Waals surface area contributed by atoms with E-state index in [0.717, 1.165) is 105 Å². The van der Waals surface area contributed by atoms with E-state index in [0.29, 0.717) is 32.7 Å². The fourth-order valence-corrected chi connectivity index (χ4v) is 6.51. The van der Waals surface area contributed by atoms with E-state index in [1.165, 1.54) is 32.1 Å². The molecule has 1 aliphatic heterocycles. The summed E-state index contributed by atoms with van der Waals surface area (Å²) in [4.78, 5) is 26.2. The molecule has 1 amide bonds. The number of benzene rings is 1. The molecule has 3 heterocycles. The van der Waals surface area contributed by atoms with Crippen LogP contribution in [0.2, 0.25) is 0 Å². The summed E-state index contributed by atoms with van der Waals surface area (Å²) in [6, 6.07) is 8.05. The first-order valence-corrected chi connectivity index (χ1v) is 17.2. The number of anilines is 1. The van der Waals surface area contributed by atoms with Gasteiger partial charge in [-0.3, -0.25) is 9.89 Å². The number of hydrogen-bond acceptors (Lipinski definition) is 8. The molecule has 0 bridgehead atoms. The molecule has 0 spiro atoms. The second-order valence-corrected chi connectivity index (χ2v) is 13.3. The van der Waals surface area contributed by atoms with Crippen LogP contribution in [0, 0.1) is 5.92 Å². The number of hydrogen-bond donors (Lipinski definition) is 1. The zero-order valence-electron chi connectivity index (χ0n) is 27.0. The Morgan fingerprint density at radius 2 is 1.71 bits per heavy atom. The third kappa shape index (κ3) is 8.94. The summed E-state index contributed by atoms with van der Waals surface area (Å²) in [5.41, 5.74) is 2.47. The lowest BCUT2D eigenvalue weighted by Gasteiger charge is -2.35. The second-order valence-electron chi connectivity index (χ2n) is 13.3. The molecule has 2 aromatic heterocycles. The van der Waals surface area contributed by atoms with Crippen LogP contribution in [0.4, 0.5) is 5.82 Å². The van der Waals surface area contributed by atoms with Gasteiger partial charge in [-0.05, 0) is 63.1 Å². The number of carbonyl (C=O) groups is 1. The number of piperazine rings is 1. The Morgan fingerprint density at radius 1 is 0.933 bits per heavy atom. The van der Waals surface area contributed by atoms with Crippen LogP contribution in [0.3, 0.4) is 0 Å². The minimum Gasteiger partial charge on any atom is -0.488 e. The van der Waals surface area contributed by atoms with Crippen molar-refractivity contribution in [3.05, 3.63) is 30.6 Å². The first-order chi connectivity index (χ1) is 22.1. The summed E-state index contributed by atoms with van der Waals surface area (Å²) >= 11 is 0. The largest absolute Gasteiger partial charge is 0.488 e. The summed E-state index contributed by atoms with van der Waals surface area (Å²) in [6.45, 7) is 8.09. The molecule has 45 heavy (non-hydrogen) atoms. The molecule has 3 fully saturated rings. The number of nitrogens with one attached hydrogen (secondary N) is 1. The van der Waals surface area contributed by atoms with Crippen molar-refractivity contribution in [3.8, 4) is 17.1 Å². The van der Waals surface area contributed by atoms with Gasteiger partial charge in [-0.2, -0.15) is 5.10 Å². The van der Waals surface area contributed by atoms with E-state index in [4.69, 9.17) is 14.2 Å². The van der Waals surface area contributed by atoms with Crippen molar-refractivity contribution in [2.24, 2.45) is 5.92 Å². The lowest BCUT2D eigenvalue weighted by Crippen LogP contribution is -2.49. The van der Waals surface area contributed by atoms with Crippen molar-refractivity contribution < 1.29 is 19.0 Å². The van der Waals surface area contributed by atoms with Crippen LogP contribution >= 0.6 is 0 Å². The van der Waals surface area contributed by atoms with E-state index in [-0.39, 0.29) is 11.5 Å². The molecule has 0 unspecified atom stereocenters. The third-order valence-corrected chi connectivity index (χ3v) is 9.65. The third-order valence-electron chi connectivity index (χ3n) is 9.65. The van der Waals surface area contributed by atoms with Crippen molar-refractivity contribution in [1.29, 1.82) is 0 Å². The normalized spacial score (nSPS) is 18.2. The highest BCUT2D eigenvalue weighted by atomic mass is 16.5. The quantitative estimate of drug-likeness (QED) is 0.179. The predicted molar refractivity (Wildman–Crippen MR) is 175 cm³/mol. The Balaban J connectivity index is 0.864. The number of aromatic amines is 1. The number of unbranched alkanes of at least 4 members (excludes halogenated alkanes) is 3. The van der Waals surface area contributed by atoms with Gasteiger partial charge in [0.2, 0.25) is 5.91 Å². The van der Waals surface area contributed by atoms with Gasteiger partial charge in [0.05, 0.1) is 24.4 Å². The molecule has 3 aliphatic rings. The molecule has 10 nitrogen and oxygen atoms in total. The van der Waals surface area contributed by atoms with Crippen LogP contribution in [-0.2, 0) is 14.3 Å². The van der Waals surface area contributed by atoms with Crippen LogP contribution in [0.5, 0.6) is 5.75 Å². The first kappa shape index (κ1) is 31.7. The molecule has 2 aliphatic carbocycles. The fourth-order valence-electron chi connectivity index (χ4n) is 6.51. The molecule has 1 N–H and O–H groups in total. The Labute approximate surface area is 267 Å². The van der Waals surface area contributed by atoms with E-state index in [1.54, 1.807) is 6.33 Å². The van der Waals surface area contributed by atoms with Crippen molar-refractivity contribution in [2.45, 2.75) is 89.6 Å². The number of fused-ring (bicyclic) bond motifs is 1. The van der Waals surface area contributed by atoms with Crippen LogP contribution in [0.15, 0.2) is 30.6 Å². The monoisotopic (exact) mass is 618 g/mol. The zero-order chi connectivity index (χ0) is 30.9. The standard InChI is InChI=1S/C35H50N6O4/c1-35(14-15-35)45-28-11-12-30-29(24-28)34(39-38-30)31-25-32(37-26-36-31)40-16-18-41(19-17-40)33(42)10-4-2-3-7-20-43-22-23-44-21-13-27-8-5-6-9-27/h11-12,24-27H,2-10,13-23H2,1H3,(H,38,39). The number of rotatable bonds is 17. The number of nitrogens with zero attached hydrogens (tertiary/aromatic N) is 5. The summed E-state index contributed by atoms with van der Waals surface area (Å²) in [7, 11) is 0. The number of H-pyrrole nitrogens is 1. The molecule has 1 saturated heterocycles. The maximum Gasteiger partial charge on any atom is 0.222 e. The topological polar surface area (TPSA) is 106 Å². The smallest absolute Gasteiger partial charge is 0.222 e. The Bertz CT molecular complexity index is 1380. The first-order valence-electron chi connectivity index (χ1n) is 17.2. The molecule has 0 atom stereocenters.